The zero-order valence-electron chi connectivity index (χ0n) is 10.0. The van der Waals surface area contributed by atoms with Crippen molar-refractivity contribution in [1.82, 2.24) is 4.98 Å². The van der Waals surface area contributed by atoms with E-state index in [9.17, 15) is 0 Å². The fourth-order valence-electron chi connectivity index (χ4n) is 1.80. The first-order valence-corrected chi connectivity index (χ1v) is 7.46. The van der Waals surface area contributed by atoms with Crippen molar-refractivity contribution < 1.29 is 4.42 Å². The molecule has 2 aromatic heterocycles. The Kier molecular flexibility index (Phi) is 3.44. The maximum Gasteiger partial charge on any atom is 0.295 e. The molecular formula is C13H12BrN3OS. The first-order valence-electron chi connectivity index (χ1n) is 5.85. The van der Waals surface area contributed by atoms with Crippen LogP contribution in [0.25, 0.3) is 11.1 Å². The highest BCUT2D eigenvalue weighted by Gasteiger charge is 2.05. The van der Waals surface area contributed by atoms with Crippen LogP contribution in [0.15, 0.2) is 38.5 Å². The Hall–Kier alpha value is -1.53. The molecule has 2 heterocycles. The van der Waals surface area contributed by atoms with Gasteiger partial charge in [-0.05, 0) is 52.7 Å². The van der Waals surface area contributed by atoms with E-state index in [1.54, 1.807) is 23.5 Å². The maximum absolute atomic E-state index is 5.71. The monoisotopic (exact) mass is 337 g/mol. The normalized spacial score (nSPS) is 11.0. The Bertz CT molecular complexity index is 707. The fraction of sp³-hybridized carbons (Fsp3) is 0.154. The molecule has 19 heavy (non-hydrogen) atoms. The minimum atomic E-state index is 0.538. The minimum Gasteiger partial charge on any atom is -0.424 e. The SMILES string of the molecule is Nc1ccc2oc(NCCc3ccc(Br)s3)nc2c1. The first-order chi connectivity index (χ1) is 9.20. The summed E-state index contributed by atoms with van der Waals surface area (Å²) in [4.78, 5) is 5.67. The summed E-state index contributed by atoms with van der Waals surface area (Å²) in [6, 6.07) is 10.2. The molecule has 0 aliphatic carbocycles. The van der Waals surface area contributed by atoms with Crippen LogP contribution in [-0.2, 0) is 6.42 Å². The molecule has 0 aliphatic rings. The molecular weight excluding hydrogens is 326 g/mol. The van der Waals surface area contributed by atoms with Crippen LogP contribution < -0.4 is 11.1 Å². The highest BCUT2D eigenvalue weighted by atomic mass is 79.9. The molecule has 0 aliphatic heterocycles. The molecule has 3 rings (SSSR count). The number of fused-ring (bicyclic) bond motifs is 1. The summed E-state index contributed by atoms with van der Waals surface area (Å²) in [5, 5.41) is 3.18. The summed E-state index contributed by atoms with van der Waals surface area (Å²) in [7, 11) is 0. The molecule has 98 valence electrons. The van der Waals surface area contributed by atoms with Gasteiger partial charge in [0.25, 0.3) is 6.01 Å². The van der Waals surface area contributed by atoms with Crippen LogP contribution in [0.4, 0.5) is 11.7 Å². The van der Waals surface area contributed by atoms with Crippen LogP contribution in [0.3, 0.4) is 0 Å². The van der Waals surface area contributed by atoms with Crippen LogP contribution in [0, 0.1) is 0 Å². The van der Waals surface area contributed by atoms with E-state index in [1.807, 2.05) is 6.07 Å². The number of oxazole rings is 1. The zero-order valence-corrected chi connectivity index (χ0v) is 12.4. The minimum absolute atomic E-state index is 0.538. The Morgan fingerprint density at radius 1 is 1.32 bits per heavy atom. The van der Waals surface area contributed by atoms with Gasteiger partial charge < -0.3 is 15.5 Å². The second-order valence-corrected chi connectivity index (χ2v) is 6.68. The second-order valence-electron chi connectivity index (χ2n) is 4.13. The van der Waals surface area contributed by atoms with Gasteiger partial charge in [-0.15, -0.1) is 11.3 Å². The van der Waals surface area contributed by atoms with Crippen LogP contribution in [0.5, 0.6) is 0 Å². The molecule has 0 saturated carbocycles. The molecule has 0 radical (unpaired) electrons. The van der Waals surface area contributed by atoms with Gasteiger partial charge in [0.05, 0.1) is 3.79 Å². The molecule has 3 N–H and O–H groups in total. The van der Waals surface area contributed by atoms with Crippen LogP contribution >= 0.6 is 27.3 Å². The number of anilines is 2. The van der Waals surface area contributed by atoms with E-state index < -0.39 is 0 Å². The predicted molar refractivity (Wildman–Crippen MR) is 82.6 cm³/mol. The summed E-state index contributed by atoms with van der Waals surface area (Å²) in [6.45, 7) is 0.787. The lowest BCUT2D eigenvalue weighted by atomic mass is 10.3. The first kappa shape index (κ1) is 12.5. The zero-order chi connectivity index (χ0) is 13.2. The molecule has 0 fully saturated rings. The van der Waals surface area contributed by atoms with Crippen LogP contribution in [0.1, 0.15) is 4.88 Å². The number of nitrogens with zero attached hydrogens (tertiary/aromatic N) is 1. The van der Waals surface area contributed by atoms with Gasteiger partial charge in [0, 0.05) is 17.1 Å². The lowest BCUT2D eigenvalue weighted by molar-refractivity contribution is 0.614. The average Bonchev–Trinajstić information content (AvgIpc) is 2.95. The number of benzene rings is 1. The number of nitrogens with two attached hydrogens (primary N) is 1. The van der Waals surface area contributed by atoms with Crippen molar-refractivity contribution in [3.05, 3.63) is 39.0 Å². The molecule has 0 spiro atoms. The van der Waals surface area contributed by atoms with E-state index in [2.05, 4.69) is 38.4 Å². The number of nitrogens with one attached hydrogen (secondary N) is 1. The molecule has 3 aromatic rings. The van der Waals surface area contributed by atoms with E-state index >= 15 is 0 Å². The quantitative estimate of drug-likeness (QED) is 0.709. The van der Waals surface area contributed by atoms with Gasteiger partial charge in [0.15, 0.2) is 5.58 Å². The molecule has 0 unspecified atom stereocenters. The Balaban J connectivity index is 1.65. The van der Waals surface area contributed by atoms with Crippen molar-refractivity contribution >= 4 is 50.1 Å². The smallest absolute Gasteiger partial charge is 0.295 e. The lowest BCUT2D eigenvalue weighted by Crippen LogP contribution is -2.03. The Morgan fingerprint density at radius 3 is 3.00 bits per heavy atom. The van der Waals surface area contributed by atoms with Crippen molar-refractivity contribution in [2.45, 2.75) is 6.42 Å². The second kappa shape index (κ2) is 5.22. The largest absolute Gasteiger partial charge is 0.424 e. The van der Waals surface area contributed by atoms with Gasteiger partial charge in [-0.2, -0.15) is 4.98 Å². The maximum atomic E-state index is 5.71. The molecule has 1 aromatic carbocycles. The summed E-state index contributed by atoms with van der Waals surface area (Å²) >= 11 is 5.19. The molecule has 6 heteroatoms. The summed E-state index contributed by atoms with van der Waals surface area (Å²) in [5.41, 5.74) is 7.92. The molecule has 0 saturated heterocycles. The van der Waals surface area contributed by atoms with Gasteiger partial charge in [-0.3, -0.25) is 0 Å². The number of rotatable bonds is 4. The topological polar surface area (TPSA) is 64.1 Å². The third kappa shape index (κ3) is 2.90. The third-order valence-electron chi connectivity index (χ3n) is 2.69. The highest BCUT2D eigenvalue weighted by Crippen LogP contribution is 2.23. The average molecular weight is 338 g/mol. The van der Waals surface area contributed by atoms with Crippen molar-refractivity contribution in [2.24, 2.45) is 0 Å². The van der Waals surface area contributed by atoms with E-state index in [1.165, 1.54) is 4.88 Å². The predicted octanol–water partition coefficient (Wildman–Crippen LogP) is 3.89. The van der Waals surface area contributed by atoms with Crippen LogP contribution in [0.2, 0.25) is 0 Å². The van der Waals surface area contributed by atoms with Gasteiger partial charge in [-0.1, -0.05) is 0 Å². The number of aromatic nitrogens is 1. The van der Waals surface area contributed by atoms with E-state index in [4.69, 9.17) is 10.2 Å². The van der Waals surface area contributed by atoms with Crippen molar-refractivity contribution in [2.75, 3.05) is 17.6 Å². The number of nitrogen functional groups attached to an aromatic ring is 1. The number of hydrogen-bond acceptors (Lipinski definition) is 5. The van der Waals surface area contributed by atoms with E-state index in [-0.39, 0.29) is 0 Å². The molecule has 0 bridgehead atoms. The van der Waals surface area contributed by atoms with Crippen molar-refractivity contribution in [3.8, 4) is 0 Å². The van der Waals surface area contributed by atoms with Gasteiger partial charge in [0.2, 0.25) is 0 Å². The van der Waals surface area contributed by atoms with Crippen molar-refractivity contribution in [1.29, 1.82) is 0 Å². The van der Waals surface area contributed by atoms with Gasteiger partial charge in [0.1, 0.15) is 5.52 Å². The number of halogens is 1. The van der Waals surface area contributed by atoms with Gasteiger partial charge >= 0.3 is 0 Å². The Morgan fingerprint density at radius 2 is 2.21 bits per heavy atom. The van der Waals surface area contributed by atoms with Crippen molar-refractivity contribution in [3.63, 3.8) is 0 Å². The summed E-state index contributed by atoms with van der Waals surface area (Å²) in [5.74, 6) is 0. The third-order valence-corrected chi connectivity index (χ3v) is 4.37. The van der Waals surface area contributed by atoms with E-state index in [0.29, 0.717) is 11.7 Å². The summed E-state index contributed by atoms with van der Waals surface area (Å²) < 4.78 is 6.74. The summed E-state index contributed by atoms with van der Waals surface area (Å²) in [6.07, 6.45) is 0.942. The standard InChI is InChI=1S/C13H12BrN3OS/c14-12-4-2-9(19-12)5-6-16-13-17-10-7-8(15)1-3-11(10)18-13/h1-4,7H,5-6,15H2,(H,16,17). The lowest BCUT2D eigenvalue weighted by Gasteiger charge is -1.98. The Labute approximate surface area is 122 Å². The molecule has 0 atom stereocenters. The number of thiophene rings is 1. The van der Waals surface area contributed by atoms with E-state index in [0.717, 1.165) is 27.9 Å². The number of hydrogen-bond donors (Lipinski definition) is 2. The van der Waals surface area contributed by atoms with Crippen LogP contribution in [-0.4, -0.2) is 11.5 Å². The van der Waals surface area contributed by atoms with Gasteiger partial charge in [-0.25, -0.2) is 0 Å². The molecule has 4 nitrogen and oxygen atoms in total. The highest BCUT2D eigenvalue weighted by molar-refractivity contribution is 9.11. The fourth-order valence-corrected chi connectivity index (χ4v) is 3.28. The molecule has 0 amide bonds.